The molecule has 0 aromatic carbocycles. The molecule has 1 rings (SSSR count). The van der Waals surface area contributed by atoms with Gasteiger partial charge >= 0.3 is 16.9 Å². The lowest BCUT2D eigenvalue weighted by molar-refractivity contribution is -0.386. The number of H-pyrrole nitrogens is 1. The third-order valence-electron chi connectivity index (χ3n) is 1.96. The van der Waals surface area contributed by atoms with Gasteiger partial charge in [0.1, 0.15) is 0 Å². The molecule has 0 aliphatic rings. The lowest BCUT2D eigenvalue weighted by Crippen LogP contribution is -2.32. The maximum Gasteiger partial charge on any atom is 0.350 e. The number of aromatic amines is 1. The van der Waals surface area contributed by atoms with Gasteiger partial charge in [0, 0.05) is 12.4 Å². The lowest BCUT2D eigenvalue weighted by Gasteiger charge is -2.08. The number of nitro groups is 1. The molecule has 1 atom stereocenters. The Morgan fingerprint density at radius 2 is 2.25 bits per heavy atom. The highest BCUT2D eigenvalue weighted by molar-refractivity contribution is 6.18. The van der Waals surface area contributed by atoms with Crippen LogP contribution in [-0.4, -0.2) is 20.4 Å². The third-order valence-corrected chi connectivity index (χ3v) is 2.49. The summed E-state index contributed by atoms with van der Waals surface area (Å²) in [5.41, 5.74) is -2.32. The number of halogens is 1. The molecule has 1 aromatic heterocycles. The van der Waals surface area contributed by atoms with Crippen molar-refractivity contribution in [1.82, 2.24) is 9.55 Å². The SMILES string of the molecule is CC(CCl)Cn1cc([N+](=O)[O-])c(=O)[nH]c1=O. The number of hydrogen-bond acceptors (Lipinski definition) is 4. The monoisotopic (exact) mass is 247 g/mol. The summed E-state index contributed by atoms with van der Waals surface area (Å²) in [4.78, 5) is 33.9. The second-order valence-electron chi connectivity index (χ2n) is 3.44. The highest BCUT2D eigenvalue weighted by Crippen LogP contribution is 2.04. The minimum Gasteiger partial charge on any atom is -0.293 e. The van der Waals surface area contributed by atoms with Crippen LogP contribution in [-0.2, 0) is 6.54 Å². The normalized spacial score (nSPS) is 12.4. The first-order chi connectivity index (χ1) is 7.45. The van der Waals surface area contributed by atoms with Gasteiger partial charge < -0.3 is 0 Å². The van der Waals surface area contributed by atoms with Crippen LogP contribution in [0, 0.1) is 16.0 Å². The zero-order valence-corrected chi connectivity index (χ0v) is 9.23. The average Bonchev–Trinajstić information content (AvgIpc) is 2.21. The van der Waals surface area contributed by atoms with Crippen molar-refractivity contribution >= 4 is 17.3 Å². The summed E-state index contributed by atoms with van der Waals surface area (Å²) in [6, 6.07) is 0. The molecule has 0 fully saturated rings. The molecular formula is C8H10ClN3O4. The fourth-order valence-electron chi connectivity index (χ4n) is 1.15. The molecule has 88 valence electrons. The van der Waals surface area contributed by atoms with Crippen molar-refractivity contribution in [2.75, 3.05) is 5.88 Å². The van der Waals surface area contributed by atoms with E-state index in [1.54, 1.807) is 6.92 Å². The summed E-state index contributed by atoms with van der Waals surface area (Å²) in [5.74, 6) is 0.296. The minimum absolute atomic E-state index is 0.0233. The summed E-state index contributed by atoms with van der Waals surface area (Å²) in [5, 5.41) is 10.5. The molecule has 0 radical (unpaired) electrons. The first kappa shape index (κ1) is 12.4. The Kier molecular flexibility index (Phi) is 3.83. The van der Waals surface area contributed by atoms with Gasteiger partial charge in [0.25, 0.3) is 0 Å². The maximum absolute atomic E-state index is 11.3. The van der Waals surface area contributed by atoms with E-state index in [0.717, 1.165) is 10.8 Å². The van der Waals surface area contributed by atoms with E-state index in [1.807, 2.05) is 4.98 Å². The van der Waals surface area contributed by atoms with Gasteiger partial charge in [-0.15, -0.1) is 11.6 Å². The zero-order valence-electron chi connectivity index (χ0n) is 8.47. The molecule has 0 spiro atoms. The second kappa shape index (κ2) is 4.93. The van der Waals surface area contributed by atoms with Gasteiger partial charge in [0.2, 0.25) is 0 Å². The van der Waals surface area contributed by atoms with Gasteiger partial charge in [0.05, 0.1) is 11.1 Å². The average molecular weight is 248 g/mol. The standard InChI is InChI=1S/C8H10ClN3O4/c1-5(2-9)3-11-4-6(12(15)16)7(13)10-8(11)14/h4-5H,2-3H2,1H3,(H,10,13,14). The van der Waals surface area contributed by atoms with Gasteiger partial charge in [-0.3, -0.25) is 24.5 Å². The first-order valence-corrected chi connectivity index (χ1v) is 5.03. The van der Waals surface area contributed by atoms with Crippen LogP contribution in [0.15, 0.2) is 15.8 Å². The fraction of sp³-hybridized carbons (Fsp3) is 0.500. The lowest BCUT2D eigenvalue weighted by atomic mass is 10.2. The predicted molar refractivity (Wildman–Crippen MR) is 57.9 cm³/mol. The molecule has 1 N–H and O–H groups in total. The van der Waals surface area contributed by atoms with E-state index in [2.05, 4.69) is 0 Å². The Bertz CT molecular complexity index is 507. The molecule has 0 bridgehead atoms. The van der Waals surface area contributed by atoms with Crippen LogP contribution in [0.5, 0.6) is 0 Å². The van der Waals surface area contributed by atoms with Crippen molar-refractivity contribution in [3.05, 3.63) is 37.1 Å². The van der Waals surface area contributed by atoms with Crippen LogP contribution in [0.3, 0.4) is 0 Å². The zero-order chi connectivity index (χ0) is 12.3. The van der Waals surface area contributed by atoms with E-state index in [-0.39, 0.29) is 12.5 Å². The summed E-state index contributed by atoms with van der Waals surface area (Å²) in [7, 11) is 0. The summed E-state index contributed by atoms with van der Waals surface area (Å²) in [6.45, 7) is 2.01. The smallest absolute Gasteiger partial charge is 0.293 e. The Labute approximate surface area is 94.8 Å². The molecule has 0 aliphatic heterocycles. The van der Waals surface area contributed by atoms with Crippen LogP contribution >= 0.6 is 11.6 Å². The second-order valence-corrected chi connectivity index (χ2v) is 3.75. The highest BCUT2D eigenvalue weighted by atomic mass is 35.5. The molecule has 0 saturated heterocycles. The molecule has 0 amide bonds. The van der Waals surface area contributed by atoms with Crippen LogP contribution in [0.1, 0.15) is 6.92 Å². The van der Waals surface area contributed by atoms with Crippen molar-refractivity contribution in [1.29, 1.82) is 0 Å². The topological polar surface area (TPSA) is 98.0 Å². The summed E-state index contributed by atoms with van der Waals surface area (Å²) in [6.07, 6.45) is 0.935. The quantitative estimate of drug-likeness (QED) is 0.471. The minimum atomic E-state index is -0.996. The molecule has 7 nitrogen and oxygen atoms in total. The van der Waals surface area contributed by atoms with Crippen molar-refractivity contribution in [2.24, 2.45) is 5.92 Å². The highest BCUT2D eigenvalue weighted by Gasteiger charge is 2.15. The molecule has 1 unspecified atom stereocenters. The Hall–Kier alpha value is -1.63. The summed E-state index contributed by atoms with van der Waals surface area (Å²) < 4.78 is 1.08. The van der Waals surface area contributed by atoms with Gasteiger partial charge in [-0.1, -0.05) is 6.92 Å². The van der Waals surface area contributed by atoms with Crippen molar-refractivity contribution in [2.45, 2.75) is 13.5 Å². The number of hydrogen-bond donors (Lipinski definition) is 1. The molecule has 8 heteroatoms. The molecule has 1 heterocycles. The number of aromatic nitrogens is 2. The van der Waals surface area contributed by atoms with Crippen molar-refractivity contribution in [3.8, 4) is 0 Å². The third kappa shape index (κ3) is 2.69. The fourth-order valence-corrected chi connectivity index (χ4v) is 1.25. The number of nitrogens with one attached hydrogen (secondary N) is 1. The van der Waals surface area contributed by atoms with Gasteiger partial charge in [-0.2, -0.15) is 0 Å². The van der Waals surface area contributed by atoms with Crippen LogP contribution in [0.25, 0.3) is 0 Å². The van der Waals surface area contributed by atoms with Gasteiger partial charge in [-0.25, -0.2) is 4.79 Å². The largest absolute Gasteiger partial charge is 0.350 e. The van der Waals surface area contributed by atoms with Crippen LogP contribution in [0.4, 0.5) is 5.69 Å². The van der Waals surface area contributed by atoms with Crippen molar-refractivity contribution in [3.63, 3.8) is 0 Å². The van der Waals surface area contributed by atoms with E-state index >= 15 is 0 Å². The number of alkyl halides is 1. The van der Waals surface area contributed by atoms with Crippen molar-refractivity contribution < 1.29 is 4.92 Å². The molecule has 16 heavy (non-hydrogen) atoms. The van der Waals surface area contributed by atoms with E-state index in [9.17, 15) is 19.7 Å². The molecule has 0 aliphatic carbocycles. The summed E-state index contributed by atoms with van der Waals surface area (Å²) >= 11 is 5.57. The molecular weight excluding hydrogens is 238 g/mol. The predicted octanol–water partition coefficient (Wildman–Crippen LogP) is 0.320. The van der Waals surface area contributed by atoms with E-state index < -0.39 is 21.9 Å². The maximum atomic E-state index is 11.3. The van der Waals surface area contributed by atoms with E-state index in [4.69, 9.17) is 11.6 Å². The molecule has 0 saturated carbocycles. The Morgan fingerprint density at radius 3 is 2.75 bits per heavy atom. The van der Waals surface area contributed by atoms with Gasteiger partial charge in [0.15, 0.2) is 0 Å². The van der Waals surface area contributed by atoms with Crippen LogP contribution < -0.4 is 11.2 Å². The Balaban J connectivity index is 3.20. The van der Waals surface area contributed by atoms with Gasteiger partial charge in [-0.05, 0) is 5.92 Å². The number of rotatable bonds is 4. The van der Waals surface area contributed by atoms with E-state index in [0.29, 0.717) is 5.88 Å². The Morgan fingerprint density at radius 1 is 1.62 bits per heavy atom. The molecule has 1 aromatic rings. The first-order valence-electron chi connectivity index (χ1n) is 4.49. The van der Waals surface area contributed by atoms with E-state index in [1.165, 1.54) is 0 Å². The van der Waals surface area contributed by atoms with Crippen LogP contribution in [0.2, 0.25) is 0 Å². The number of nitrogens with zero attached hydrogens (tertiary/aromatic N) is 2.